The summed E-state index contributed by atoms with van der Waals surface area (Å²) in [6.45, 7) is 0.384. The normalized spacial score (nSPS) is 15.1. The molecule has 1 heterocycles. The van der Waals surface area contributed by atoms with E-state index in [1.165, 1.54) is 23.4 Å². The monoisotopic (exact) mass is 226 g/mol. The third-order valence-corrected chi connectivity index (χ3v) is 1.99. The van der Waals surface area contributed by atoms with Crippen molar-refractivity contribution in [2.45, 2.75) is 0 Å². The molecular weight excluding hydrogens is 219 g/mol. The lowest BCUT2D eigenvalue weighted by Gasteiger charge is -2.21. The second-order valence-electron chi connectivity index (χ2n) is 2.92. The molecule has 0 aromatic heterocycles. The average Bonchev–Trinajstić information content (AvgIpc) is 2.22. The van der Waals surface area contributed by atoms with E-state index in [1.54, 1.807) is 18.3 Å². The van der Waals surface area contributed by atoms with Crippen LogP contribution in [0.5, 0.6) is 5.75 Å². The van der Waals surface area contributed by atoms with E-state index in [0.29, 0.717) is 17.5 Å². The Labute approximate surface area is 91.4 Å². The van der Waals surface area contributed by atoms with E-state index in [-0.39, 0.29) is 5.82 Å². The summed E-state index contributed by atoms with van der Waals surface area (Å²) in [5, 5.41) is 1.96. The predicted molar refractivity (Wildman–Crippen MR) is 56.2 cm³/mol. The molecule has 0 radical (unpaired) electrons. The summed E-state index contributed by atoms with van der Waals surface area (Å²) < 4.78 is 12.6. The molecule has 0 spiro atoms. The summed E-state index contributed by atoms with van der Waals surface area (Å²) in [4.78, 5) is 9.25. The van der Waals surface area contributed by atoms with Gasteiger partial charge in [0.25, 0.3) is 0 Å². The van der Waals surface area contributed by atoms with Gasteiger partial charge in [0.2, 0.25) is 0 Å². The Morgan fingerprint density at radius 3 is 2.73 bits per heavy atom. The van der Waals surface area contributed by atoms with Crippen molar-refractivity contribution in [2.75, 3.05) is 6.54 Å². The Bertz CT molecular complexity index is 402. The van der Waals surface area contributed by atoms with E-state index in [0.717, 1.165) is 0 Å². The Kier molecular flexibility index (Phi) is 2.87. The van der Waals surface area contributed by atoms with Crippen molar-refractivity contribution in [3.05, 3.63) is 42.5 Å². The van der Waals surface area contributed by atoms with Crippen LogP contribution in [0.15, 0.2) is 41.7 Å². The molecule has 1 aliphatic rings. The van der Waals surface area contributed by atoms with Gasteiger partial charge in [0.15, 0.2) is 5.75 Å². The van der Waals surface area contributed by atoms with E-state index >= 15 is 0 Å². The molecule has 1 aromatic carbocycles. The molecule has 78 valence electrons. The Balaban J connectivity index is 2.01. The van der Waals surface area contributed by atoms with E-state index in [4.69, 9.17) is 16.4 Å². The Hall–Kier alpha value is -1.55. The van der Waals surface area contributed by atoms with E-state index in [9.17, 15) is 4.39 Å². The quantitative estimate of drug-likeness (QED) is 0.774. The number of aliphatic imine (C=N–C) groups is 1. The number of hydrogen-bond donors (Lipinski definition) is 0. The van der Waals surface area contributed by atoms with Crippen LogP contribution in [-0.4, -0.2) is 16.8 Å². The molecule has 0 bridgehead atoms. The lowest BCUT2D eigenvalue weighted by molar-refractivity contribution is 0.00804. The zero-order chi connectivity index (χ0) is 10.7. The van der Waals surface area contributed by atoms with Crippen LogP contribution >= 0.6 is 11.6 Å². The van der Waals surface area contributed by atoms with Crippen molar-refractivity contribution < 1.29 is 9.23 Å². The number of halogens is 2. The maximum Gasteiger partial charge on any atom is 0.155 e. The molecule has 0 saturated heterocycles. The standard InChI is InChI=1S/C10H8ClFN2O/c11-10-7-14(6-5-13-10)15-9-3-1-8(12)2-4-9/h1-6H,7H2. The predicted octanol–water partition coefficient (Wildman–Crippen LogP) is 2.54. The van der Waals surface area contributed by atoms with Crippen molar-refractivity contribution >= 4 is 16.8 Å². The highest BCUT2D eigenvalue weighted by Crippen LogP contribution is 2.14. The van der Waals surface area contributed by atoms with Crippen molar-refractivity contribution in [1.82, 2.24) is 5.06 Å². The second-order valence-corrected chi connectivity index (χ2v) is 3.36. The van der Waals surface area contributed by atoms with Crippen LogP contribution < -0.4 is 4.84 Å². The van der Waals surface area contributed by atoms with Crippen LogP contribution in [0.2, 0.25) is 0 Å². The molecule has 0 amide bonds. The zero-order valence-corrected chi connectivity index (χ0v) is 8.49. The van der Waals surface area contributed by atoms with Gasteiger partial charge in [0.1, 0.15) is 17.5 Å². The van der Waals surface area contributed by atoms with Gasteiger partial charge < -0.3 is 4.84 Å². The van der Waals surface area contributed by atoms with E-state index in [2.05, 4.69) is 4.99 Å². The molecule has 1 aromatic rings. The van der Waals surface area contributed by atoms with Gasteiger partial charge in [0.05, 0.1) is 6.20 Å². The fourth-order valence-corrected chi connectivity index (χ4v) is 1.28. The van der Waals surface area contributed by atoms with Gasteiger partial charge in [0, 0.05) is 6.20 Å². The van der Waals surface area contributed by atoms with Crippen LogP contribution in [0.4, 0.5) is 4.39 Å². The highest BCUT2D eigenvalue weighted by atomic mass is 35.5. The SMILES string of the molecule is Fc1ccc(ON2C=CN=C(Cl)C2)cc1. The smallest absolute Gasteiger partial charge is 0.155 e. The first-order valence-electron chi connectivity index (χ1n) is 4.33. The first kappa shape index (κ1) is 9.98. The average molecular weight is 227 g/mol. The molecule has 15 heavy (non-hydrogen) atoms. The van der Waals surface area contributed by atoms with Crippen LogP contribution in [0, 0.1) is 5.82 Å². The summed E-state index contributed by atoms with van der Waals surface area (Å²) in [5.74, 6) is 0.253. The molecular formula is C10H8ClFN2O. The van der Waals surface area contributed by atoms with E-state index in [1.807, 2.05) is 0 Å². The molecule has 0 atom stereocenters. The van der Waals surface area contributed by atoms with Gasteiger partial charge in [-0.2, -0.15) is 0 Å². The van der Waals surface area contributed by atoms with Gasteiger partial charge in [-0.25, -0.2) is 14.4 Å². The van der Waals surface area contributed by atoms with Gasteiger partial charge in [-0.15, -0.1) is 0 Å². The molecule has 2 rings (SSSR count). The minimum atomic E-state index is -0.295. The lowest BCUT2D eigenvalue weighted by atomic mass is 10.3. The van der Waals surface area contributed by atoms with Crippen molar-refractivity contribution in [1.29, 1.82) is 0 Å². The van der Waals surface area contributed by atoms with Gasteiger partial charge in [-0.1, -0.05) is 11.6 Å². The summed E-state index contributed by atoms with van der Waals surface area (Å²) in [6.07, 6.45) is 3.19. The molecule has 0 fully saturated rings. The minimum Gasteiger partial charge on any atom is -0.380 e. The summed E-state index contributed by atoms with van der Waals surface area (Å²) in [5.41, 5.74) is 0. The summed E-state index contributed by atoms with van der Waals surface area (Å²) in [6, 6.07) is 5.75. The fraction of sp³-hybridized carbons (Fsp3) is 0.100. The van der Waals surface area contributed by atoms with Crippen LogP contribution in [0.1, 0.15) is 0 Å². The number of nitrogens with zero attached hydrogens (tertiary/aromatic N) is 2. The number of rotatable bonds is 2. The largest absolute Gasteiger partial charge is 0.380 e. The number of hydroxylamine groups is 2. The maximum atomic E-state index is 12.6. The Morgan fingerprint density at radius 1 is 1.33 bits per heavy atom. The summed E-state index contributed by atoms with van der Waals surface area (Å²) in [7, 11) is 0. The van der Waals surface area contributed by atoms with Gasteiger partial charge in [-0.3, -0.25) is 0 Å². The maximum absolute atomic E-state index is 12.6. The lowest BCUT2D eigenvalue weighted by Crippen LogP contribution is -2.27. The van der Waals surface area contributed by atoms with Crippen molar-refractivity contribution in [3.8, 4) is 5.75 Å². The first-order valence-corrected chi connectivity index (χ1v) is 4.71. The minimum absolute atomic E-state index is 0.295. The molecule has 0 unspecified atom stereocenters. The molecule has 0 N–H and O–H groups in total. The first-order chi connectivity index (χ1) is 7.24. The van der Waals surface area contributed by atoms with E-state index < -0.39 is 0 Å². The van der Waals surface area contributed by atoms with Crippen LogP contribution in [0.3, 0.4) is 0 Å². The zero-order valence-electron chi connectivity index (χ0n) is 7.73. The van der Waals surface area contributed by atoms with Gasteiger partial charge >= 0.3 is 0 Å². The third kappa shape index (κ3) is 2.70. The van der Waals surface area contributed by atoms with Gasteiger partial charge in [-0.05, 0) is 24.3 Å². The van der Waals surface area contributed by atoms with Crippen molar-refractivity contribution in [3.63, 3.8) is 0 Å². The number of hydrogen-bond acceptors (Lipinski definition) is 3. The molecule has 3 nitrogen and oxygen atoms in total. The molecule has 0 saturated carbocycles. The highest BCUT2D eigenvalue weighted by Gasteiger charge is 2.08. The highest BCUT2D eigenvalue weighted by molar-refractivity contribution is 6.66. The Morgan fingerprint density at radius 2 is 2.07 bits per heavy atom. The second kappa shape index (κ2) is 4.31. The fourth-order valence-electron chi connectivity index (χ4n) is 1.10. The topological polar surface area (TPSA) is 24.8 Å². The molecule has 5 heteroatoms. The van der Waals surface area contributed by atoms with Crippen LogP contribution in [0.25, 0.3) is 0 Å². The van der Waals surface area contributed by atoms with Crippen molar-refractivity contribution in [2.24, 2.45) is 4.99 Å². The molecule has 1 aliphatic heterocycles. The summed E-state index contributed by atoms with van der Waals surface area (Å²) >= 11 is 5.72. The number of benzene rings is 1. The van der Waals surface area contributed by atoms with Crippen LogP contribution in [-0.2, 0) is 0 Å². The molecule has 0 aliphatic carbocycles. The third-order valence-electron chi connectivity index (χ3n) is 1.77.